The first-order valence-electron chi connectivity index (χ1n) is 16.4. The van der Waals surface area contributed by atoms with Crippen molar-refractivity contribution in [1.82, 2.24) is 15.0 Å². The summed E-state index contributed by atoms with van der Waals surface area (Å²) in [6, 6.07) is 61.4. The normalized spacial score (nSPS) is 11.3. The first kappa shape index (κ1) is 29.0. The van der Waals surface area contributed by atoms with Gasteiger partial charge in [0, 0.05) is 32.3 Å². The lowest BCUT2D eigenvalue weighted by molar-refractivity contribution is 1.24. The largest absolute Gasteiger partial charge is 0.248 e. The van der Waals surface area contributed by atoms with Gasteiger partial charge in [-0.25, -0.2) is 15.0 Å². The molecule has 0 fully saturated rings. The first-order chi connectivity index (χ1) is 24.3. The summed E-state index contributed by atoms with van der Waals surface area (Å²) in [4.78, 5) is 15.5. The van der Waals surface area contributed by atoms with Crippen molar-refractivity contribution in [3.63, 3.8) is 0 Å². The highest BCUT2D eigenvalue weighted by molar-refractivity contribution is 7.26. The van der Waals surface area contributed by atoms with Crippen LogP contribution < -0.4 is 0 Å². The molecule has 3 heterocycles. The van der Waals surface area contributed by atoms with E-state index in [2.05, 4.69) is 152 Å². The molecule has 6 aromatic carbocycles. The molecule has 0 saturated carbocycles. The molecular weight excluding hydrogens is 615 g/mol. The molecule has 49 heavy (non-hydrogen) atoms. The Morgan fingerprint density at radius 3 is 1.59 bits per heavy atom. The molecule has 0 unspecified atom stereocenters. The molecule has 0 aliphatic carbocycles. The topological polar surface area (TPSA) is 38.7 Å². The summed E-state index contributed by atoms with van der Waals surface area (Å²) in [5.74, 6) is 0.734. The van der Waals surface area contributed by atoms with E-state index in [1.54, 1.807) is 11.3 Å². The van der Waals surface area contributed by atoms with Crippen molar-refractivity contribution >= 4 is 31.6 Å². The summed E-state index contributed by atoms with van der Waals surface area (Å²) in [7, 11) is 0. The highest BCUT2D eigenvalue weighted by Crippen LogP contribution is 2.40. The lowest BCUT2D eigenvalue weighted by Gasteiger charge is -2.12. The van der Waals surface area contributed by atoms with E-state index < -0.39 is 0 Å². The molecular formula is C45H29N3S. The minimum Gasteiger partial charge on any atom is -0.248 e. The van der Waals surface area contributed by atoms with Gasteiger partial charge < -0.3 is 0 Å². The van der Waals surface area contributed by atoms with Crippen LogP contribution in [0.2, 0.25) is 0 Å². The molecule has 4 heteroatoms. The second-order valence-corrected chi connectivity index (χ2v) is 13.1. The van der Waals surface area contributed by atoms with Crippen molar-refractivity contribution in [2.75, 3.05) is 0 Å². The second-order valence-electron chi connectivity index (χ2n) is 12.1. The Bertz CT molecular complexity index is 2540. The van der Waals surface area contributed by atoms with E-state index in [1.165, 1.54) is 10.3 Å². The highest BCUT2D eigenvalue weighted by atomic mass is 32.1. The number of fused-ring (bicyclic) bond motifs is 3. The fourth-order valence-electron chi connectivity index (χ4n) is 6.44. The quantitative estimate of drug-likeness (QED) is 0.181. The predicted molar refractivity (Wildman–Crippen MR) is 205 cm³/mol. The van der Waals surface area contributed by atoms with E-state index >= 15 is 0 Å². The molecule has 0 bridgehead atoms. The highest BCUT2D eigenvalue weighted by Gasteiger charge is 2.17. The standard InChI is InChI=1S/C45H29N3S/c1-4-14-30(15-5-1)37-28-39(31-16-6-2-7-17-31)46-40(29-37)35-22-12-20-33(26-35)34-21-13-23-36(27-34)42-44-43(38-24-10-11-25-41(38)49-44)48-45(47-42)32-18-8-3-9-19-32/h1-29H. The number of nitrogens with zero attached hydrogens (tertiary/aromatic N) is 3. The van der Waals surface area contributed by atoms with Crippen molar-refractivity contribution in [2.45, 2.75) is 0 Å². The predicted octanol–water partition coefficient (Wildman–Crippen LogP) is 12.2. The minimum absolute atomic E-state index is 0.734. The molecule has 3 aromatic heterocycles. The van der Waals surface area contributed by atoms with Gasteiger partial charge in [-0.1, -0.05) is 146 Å². The number of rotatable bonds is 6. The van der Waals surface area contributed by atoms with Crippen LogP contribution >= 0.6 is 11.3 Å². The zero-order valence-corrected chi connectivity index (χ0v) is 27.3. The van der Waals surface area contributed by atoms with Gasteiger partial charge in [0.1, 0.15) is 0 Å². The number of hydrogen-bond donors (Lipinski definition) is 0. The number of benzene rings is 6. The molecule has 0 radical (unpaired) electrons. The number of pyridine rings is 1. The summed E-state index contributed by atoms with van der Waals surface area (Å²) in [5, 5.41) is 1.16. The summed E-state index contributed by atoms with van der Waals surface area (Å²) in [6.45, 7) is 0. The van der Waals surface area contributed by atoms with E-state index in [9.17, 15) is 0 Å². The van der Waals surface area contributed by atoms with E-state index in [0.717, 1.165) is 77.5 Å². The van der Waals surface area contributed by atoms with Crippen molar-refractivity contribution in [1.29, 1.82) is 0 Å². The van der Waals surface area contributed by atoms with Crippen LogP contribution in [-0.2, 0) is 0 Å². The maximum absolute atomic E-state index is 5.20. The third kappa shape index (κ3) is 5.58. The van der Waals surface area contributed by atoms with Crippen molar-refractivity contribution < 1.29 is 0 Å². The Kier molecular flexibility index (Phi) is 7.34. The molecule has 0 N–H and O–H groups in total. The van der Waals surface area contributed by atoms with Crippen LogP contribution in [-0.4, -0.2) is 15.0 Å². The molecule has 9 rings (SSSR count). The average molecular weight is 644 g/mol. The molecule has 0 atom stereocenters. The van der Waals surface area contributed by atoms with E-state index in [1.807, 2.05) is 24.3 Å². The Morgan fingerprint density at radius 2 is 0.878 bits per heavy atom. The number of thiophene rings is 1. The fourth-order valence-corrected chi connectivity index (χ4v) is 7.59. The third-order valence-corrected chi connectivity index (χ3v) is 10.0. The maximum atomic E-state index is 5.20. The van der Waals surface area contributed by atoms with Crippen LogP contribution in [0.25, 0.3) is 87.7 Å². The van der Waals surface area contributed by atoms with Gasteiger partial charge in [-0.15, -0.1) is 11.3 Å². The third-order valence-electron chi connectivity index (χ3n) is 8.88. The Morgan fingerprint density at radius 1 is 0.347 bits per heavy atom. The average Bonchev–Trinajstić information content (AvgIpc) is 3.57. The first-order valence-corrected chi connectivity index (χ1v) is 17.2. The Balaban J connectivity index is 1.17. The monoisotopic (exact) mass is 643 g/mol. The van der Waals surface area contributed by atoms with Gasteiger partial charge in [0.25, 0.3) is 0 Å². The van der Waals surface area contributed by atoms with Crippen LogP contribution in [0.3, 0.4) is 0 Å². The van der Waals surface area contributed by atoms with Gasteiger partial charge in [0.2, 0.25) is 0 Å². The van der Waals surface area contributed by atoms with Crippen LogP contribution in [0, 0.1) is 0 Å². The van der Waals surface area contributed by atoms with Crippen LogP contribution in [0.5, 0.6) is 0 Å². The molecule has 0 aliphatic rings. The van der Waals surface area contributed by atoms with Gasteiger partial charge in [-0.05, 0) is 52.6 Å². The van der Waals surface area contributed by atoms with Crippen LogP contribution in [0.4, 0.5) is 0 Å². The molecule has 0 saturated heterocycles. The van der Waals surface area contributed by atoms with Crippen molar-refractivity contribution in [2.24, 2.45) is 0 Å². The van der Waals surface area contributed by atoms with Gasteiger partial charge in [0.15, 0.2) is 5.82 Å². The van der Waals surface area contributed by atoms with Crippen LogP contribution in [0.15, 0.2) is 176 Å². The van der Waals surface area contributed by atoms with Gasteiger partial charge >= 0.3 is 0 Å². The SMILES string of the molecule is c1ccc(-c2cc(-c3ccccc3)nc(-c3cccc(-c4cccc(-c5nc(-c6ccccc6)nc6c5sc5ccccc56)c4)c3)c2)cc1. The Hall–Kier alpha value is -6.23. The number of hydrogen-bond acceptors (Lipinski definition) is 4. The summed E-state index contributed by atoms with van der Waals surface area (Å²) in [6.07, 6.45) is 0. The van der Waals surface area contributed by atoms with Crippen molar-refractivity contribution in [3.8, 4) is 67.4 Å². The van der Waals surface area contributed by atoms with E-state index in [0.29, 0.717) is 0 Å². The van der Waals surface area contributed by atoms with Gasteiger partial charge in [-0.3, -0.25) is 0 Å². The smallest absolute Gasteiger partial charge is 0.160 e. The van der Waals surface area contributed by atoms with Crippen molar-refractivity contribution in [3.05, 3.63) is 176 Å². The molecule has 3 nitrogen and oxygen atoms in total. The maximum Gasteiger partial charge on any atom is 0.160 e. The summed E-state index contributed by atoms with van der Waals surface area (Å²) >= 11 is 1.75. The second kappa shape index (κ2) is 12.4. The lowest BCUT2D eigenvalue weighted by Crippen LogP contribution is -1.94. The van der Waals surface area contributed by atoms with Gasteiger partial charge in [0.05, 0.1) is 27.3 Å². The summed E-state index contributed by atoms with van der Waals surface area (Å²) < 4.78 is 2.31. The lowest BCUT2D eigenvalue weighted by atomic mass is 9.97. The molecule has 0 aliphatic heterocycles. The zero-order chi connectivity index (χ0) is 32.6. The van der Waals surface area contributed by atoms with E-state index in [-0.39, 0.29) is 0 Å². The minimum atomic E-state index is 0.734. The Labute approximate surface area is 288 Å². The molecule has 0 amide bonds. The zero-order valence-electron chi connectivity index (χ0n) is 26.5. The van der Waals surface area contributed by atoms with E-state index in [4.69, 9.17) is 15.0 Å². The summed E-state index contributed by atoms with van der Waals surface area (Å²) in [5.41, 5.74) is 12.6. The van der Waals surface area contributed by atoms with Crippen LogP contribution in [0.1, 0.15) is 0 Å². The molecule has 230 valence electrons. The molecule has 9 aromatic rings. The number of aromatic nitrogens is 3. The van der Waals surface area contributed by atoms with Gasteiger partial charge in [-0.2, -0.15) is 0 Å². The molecule has 0 spiro atoms. The fraction of sp³-hybridized carbons (Fsp3) is 0.